The van der Waals surface area contributed by atoms with E-state index in [-0.39, 0.29) is 40.2 Å². The van der Waals surface area contributed by atoms with Crippen LogP contribution in [0.1, 0.15) is 11.4 Å². The highest BCUT2D eigenvalue weighted by atomic mass is 35.5. The third-order valence-corrected chi connectivity index (χ3v) is 5.36. The number of nitrogens with two attached hydrogens (primary N) is 1. The van der Waals surface area contributed by atoms with E-state index >= 15 is 0 Å². The maximum atomic E-state index is 13.5. The van der Waals surface area contributed by atoms with Crippen molar-refractivity contribution in [3.05, 3.63) is 47.5 Å². The van der Waals surface area contributed by atoms with E-state index in [9.17, 15) is 12.8 Å². The normalized spacial score (nSPS) is 11.4. The Hall–Kier alpha value is -2.23. The molecule has 0 atom stereocenters. The molecular formula is C15H17ClFN5O2S. The van der Waals surface area contributed by atoms with E-state index in [0.29, 0.717) is 11.4 Å². The van der Waals surface area contributed by atoms with Crippen LogP contribution in [0.2, 0.25) is 0 Å². The number of anilines is 1. The van der Waals surface area contributed by atoms with Gasteiger partial charge in [0.15, 0.2) is 16.4 Å². The topological polar surface area (TPSA) is 102 Å². The van der Waals surface area contributed by atoms with Crippen molar-refractivity contribution in [2.75, 3.05) is 12.4 Å². The average Bonchev–Trinajstić information content (AvgIpc) is 2.93. The van der Waals surface area contributed by atoms with Gasteiger partial charge in [-0.05, 0) is 31.2 Å². The maximum Gasteiger partial charge on any atom is 0.214 e. The molecule has 0 unspecified atom stereocenters. The van der Waals surface area contributed by atoms with Gasteiger partial charge < -0.3 is 11.1 Å². The molecule has 2 aromatic heterocycles. The Balaban J connectivity index is 0.00000225. The van der Waals surface area contributed by atoms with Gasteiger partial charge in [-0.25, -0.2) is 22.3 Å². The van der Waals surface area contributed by atoms with Crippen molar-refractivity contribution in [1.82, 2.24) is 14.6 Å². The third-order valence-electron chi connectivity index (χ3n) is 3.57. The zero-order valence-electron chi connectivity index (χ0n) is 13.5. The lowest BCUT2D eigenvalue weighted by molar-refractivity contribution is 0.591. The van der Waals surface area contributed by atoms with Crippen molar-refractivity contribution in [1.29, 1.82) is 0 Å². The van der Waals surface area contributed by atoms with Crippen molar-refractivity contribution < 1.29 is 12.8 Å². The monoisotopic (exact) mass is 385 g/mol. The first-order chi connectivity index (χ1) is 11.4. The van der Waals surface area contributed by atoms with Gasteiger partial charge in [0.25, 0.3) is 0 Å². The summed E-state index contributed by atoms with van der Waals surface area (Å²) in [6.07, 6.45) is 0. The highest BCUT2D eigenvalue weighted by Gasteiger charge is 2.29. The van der Waals surface area contributed by atoms with Crippen LogP contribution >= 0.6 is 12.4 Å². The minimum absolute atomic E-state index is 0. The van der Waals surface area contributed by atoms with Crippen LogP contribution in [-0.2, 0) is 16.4 Å². The first-order valence-electron chi connectivity index (χ1n) is 7.16. The number of nitrogens with zero attached hydrogens (tertiary/aromatic N) is 3. The van der Waals surface area contributed by atoms with Crippen LogP contribution in [0.5, 0.6) is 0 Å². The predicted molar refractivity (Wildman–Crippen MR) is 94.3 cm³/mol. The molecule has 0 aliphatic heterocycles. The zero-order valence-corrected chi connectivity index (χ0v) is 15.2. The molecule has 7 nitrogen and oxygen atoms in total. The van der Waals surface area contributed by atoms with E-state index in [2.05, 4.69) is 15.4 Å². The SMILES string of the molecule is CNc1nn2c(CN)cc(C)nc2c1S(=O)(=O)c1cccc(F)c1.Cl. The van der Waals surface area contributed by atoms with Crippen molar-refractivity contribution in [2.45, 2.75) is 23.3 Å². The molecule has 0 fully saturated rings. The van der Waals surface area contributed by atoms with E-state index in [1.807, 2.05) is 0 Å². The van der Waals surface area contributed by atoms with Crippen LogP contribution in [0.3, 0.4) is 0 Å². The molecule has 3 N–H and O–H groups in total. The summed E-state index contributed by atoms with van der Waals surface area (Å²) < 4.78 is 40.9. The molecule has 0 aliphatic carbocycles. The standard InChI is InChI=1S/C15H16FN5O2S.ClH/c1-9-6-11(8-17)21-15(19-9)13(14(18-2)20-21)24(22,23)12-5-3-4-10(16)7-12;/h3-7H,8,17H2,1-2H3,(H,18,20);1H. The summed E-state index contributed by atoms with van der Waals surface area (Å²) in [4.78, 5) is 4.04. The molecule has 0 saturated heterocycles. The molecular weight excluding hydrogens is 369 g/mol. The van der Waals surface area contributed by atoms with Crippen molar-refractivity contribution in [2.24, 2.45) is 5.73 Å². The highest BCUT2D eigenvalue weighted by molar-refractivity contribution is 7.91. The summed E-state index contributed by atoms with van der Waals surface area (Å²) in [6, 6.07) is 6.57. The lowest BCUT2D eigenvalue weighted by Crippen LogP contribution is -2.08. The molecule has 10 heteroatoms. The summed E-state index contributed by atoms with van der Waals surface area (Å²) in [7, 11) is -2.46. The molecule has 0 radical (unpaired) electrons. The number of hydrogen-bond donors (Lipinski definition) is 2. The largest absolute Gasteiger partial charge is 0.370 e. The molecule has 25 heavy (non-hydrogen) atoms. The number of hydrogen-bond acceptors (Lipinski definition) is 6. The van der Waals surface area contributed by atoms with Crippen LogP contribution in [-0.4, -0.2) is 30.1 Å². The summed E-state index contributed by atoms with van der Waals surface area (Å²) >= 11 is 0. The first-order valence-corrected chi connectivity index (χ1v) is 8.64. The molecule has 0 saturated carbocycles. The van der Waals surface area contributed by atoms with Gasteiger partial charge in [-0.2, -0.15) is 0 Å². The van der Waals surface area contributed by atoms with Crippen LogP contribution in [0.4, 0.5) is 10.2 Å². The molecule has 0 aliphatic rings. The quantitative estimate of drug-likeness (QED) is 0.711. The second-order valence-corrected chi connectivity index (χ2v) is 7.10. The number of aromatic nitrogens is 3. The van der Waals surface area contributed by atoms with E-state index in [1.54, 1.807) is 20.0 Å². The van der Waals surface area contributed by atoms with Gasteiger partial charge in [0, 0.05) is 19.3 Å². The Kier molecular flexibility index (Phi) is 5.31. The van der Waals surface area contributed by atoms with E-state index in [1.165, 1.54) is 22.7 Å². The Morgan fingerprint density at radius 3 is 2.64 bits per heavy atom. The summed E-state index contributed by atoms with van der Waals surface area (Å²) in [5, 5.41) is 7.01. The van der Waals surface area contributed by atoms with Crippen molar-refractivity contribution >= 4 is 33.7 Å². The van der Waals surface area contributed by atoms with E-state index in [0.717, 1.165) is 6.07 Å². The minimum Gasteiger partial charge on any atom is -0.370 e. The Morgan fingerprint density at radius 2 is 2.04 bits per heavy atom. The predicted octanol–water partition coefficient (Wildman–Crippen LogP) is 1.93. The van der Waals surface area contributed by atoms with Crippen LogP contribution in [0, 0.1) is 12.7 Å². The number of sulfone groups is 1. The first kappa shape index (κ1) is 19.1. The third kappa shape index (κ3) is 3.17. The fourth-order valence-corrected chi connectivity index (χ4v) is 4.03. The molecule has 3 rings (SSSR count). The number of fused-ring (bicyclic) bond motifs is 1. The van der Waals surface area contributed by atoms with Crippen molar-refractivity contribution in [3.8, 4) is 0 Å². The fourth-order valence-electron chi connectivity index (χ4n) is 2.50. The average molecular weight is 386 g/mol. The molecule has 0 spiro atoms. The molecule has 1 aromatic carbocycles. The fraction of sp³-hybridized carbons (Fsp3) is 0.200. The Morgan fingerprint density at radius 1 is 1.32 bits per heavy atom. The van der Waals surface area contributed by atoms with Crippen molar-refractivity contribution in [3.63, 3.8) is 0 Å². The highest BCUT2D eigenvalue weighted by Crippen LogP contribution is 2.31. The van der Waals surface area contributed by atoms with Crippen LogP contribution < -0.4 is 11.1 Å². The van der Waals surface area contributed by atoms with Gasteiger partial charge in [0.2, 0.25) is 9.84 Å². The smallest absolute Gasteiger partial charge is 0.214 e. The van der Waals surface area contributed by atoms with Gasteiger partial charge in [-0.1, -0.05) is 6.07 Å². The number of halogens is 2. The van der Waals surface area contributed by atoms with Crippen LogP contribution in [0.15, 0.2) is 40.1 Å². The number of aryl methyl sites for hydroxylation is 1. The number of nitrogens with one attached hydrogen (secondary N) is 1. The van der Waals surface area contributed by atoms with Gasteiger partial charge in [0.05, 0.1) is 10.6 Å². The van der Waals surface area contributed by atoms with Gasteiger partial charge in [0.1, 0.15) is 5.82 Å². The molecule has 134 valence electrons. The van der Waals surface area contributed by atoms with Crippen LogP contribution in [0.25, 0.3) is 5.65 Å². The second kappa shape index (κ2) is 6.95. The summed E-state index contributed by atoms with van der Waals surface area (Å²) in [5.41, 5.74) is 7.11. The Labute approximate surface area is 150 Å². The van der Waals surface area contributed by atoms with Gasteiger partial charge in [-0.3, -0.25) is 0 Å². The van der Waals surface area contributed by atoms with E-state index in [4.69, 9.17) is 5.73 Å². The lowest BCUT2D eigenvalue weighted by atomic mass is 10.3. The van der Waals surface area contributed by atoms with Gasteiger partial charge in [-0.15, -0.1) is 17.5 Å². The molecule has 2 heterocycles. The molecule has 0 bridgehead atoms. The number of rotatable bonds is 4. The van der Waals surface area contributed by atoms with Gasteiger partial charge >= 0.3 is 0 Å². The Bertz CT molecular complexity index is 1040. The minimum atomic E-state index is -4.02. The zero-order chi connectivity index (χ0) is 17.5. The number of benzene rings is 1. The van der Waals surface area contributed by atoms with E-state index < -0.39 is 15.7 Å². The summed E-state index contributed by atoms with van der Waals surface area (Å²) in [5.74, 6) is -0.502. The summed E-state index contributed by atoms with van der Waals surface area (Å²) in [6.45, 7) is 1.91. The second-order valence-electron chi connectivity index (χ2n) is 5.22. The maximum absolute atomic E-state index is 13.5. The molecule has 0 amide bonds. The lowest BCUT2D eigenvalue weighted by Gasteiger charge is -2.06. The molecule has 3 aromatic rings.